The van der Waals surface area contributed by atoms with Gasteiger partial charge in [0.25, 0.3) is 0 Å². The first-order chi connectivity index (χ1) is 12.7. The zero-order chi connectivity index (χ0) is 17.7. The van der Waals surface area contributed by atoms with Gasteiger partial charge in [0, 0.05) is 18.0 Å². The first-order valence-corrected chi connectivity index (χ1v) is 8.73. The number of benzene rings is 1. The topological polar surface area (TPSA) is 73.0 Å². The Morgan fingerprint density at radius 3 is 2.81 bits per heavy atom. The summed E-state index contributed by atoms with van der Waals surface area (Å²) in [6.45, 7) is 1.86. The van der Waals surface area contributed by atoms with Gasteiger partial charge in [0.2, 0.25) is 5.95 Å². The van der Waals surface area contributed by atoms with Gasteiger partial charge in [0.15, 0.2) is 0 Å². The number of nitrogens with zero attached hydrogens (tertiary/aromatic N) is 3. The summed E-state index contributed by atoms with van der Waals surface area (Å²) in [4.78, 5) is 17.6. The summed E-state index contributed by atoms with van der Waals surface area (Å²) in [6.07, 6.45) is 4.18. The smallest absolute Gasteiger partial charge is 0.226 e. The fraction of sp³-hybridized carbons (Fsp3) is 0.250. The maximum absolute atomic E-state index is 13.2. The van der Waals surface area contributed by atoms with Gasteiger partial charge in [0.05, 0.1) is 18.2 Å². The molecule has 130 valence electrons. The van der Waals surface area contributed by atoms with E-state index in [1.807, 2.05) is 54.1 Å². The molecule has 0 unspecified atom stereocenters. The Kier molecular flexibility index (Phi) is 3.31. The summed E-state index contributed by atoms with van der Waals surface area (Å²) in [5.41, 5.74) is 1.94. The molecule has 5 rings (SSSR count). The van der Waals surface area contributed by atoms with Gasteiger partial charge in [0.1, 0.15) is 17.4 Å². The molecule has 2 aliphatic rings. The Morgan fingerprint density at radius 1 is 1.19 bits per heavy atom. The number of furan rings is 1. The molecule has 1 aliphatic carbocycles. The number of fused-ring (bicyclic) bond motifs is 2. The fourth-order valence-corrected chi connectivity index (χ4v) is 4.01. The minimum atomic E-state index is -0.294. The third-order valence-electron chi connectivity index (χ3n) is 5.11. The van der Waals surface area contributed by atoms with E-state index >= 15 is 0 Å². The van der Waals surface area contributed by atoms with Crippen molar-refractivity contribution in [2.45, 2.75) is 25.3 Å². The van der Waals surface area contributed by atoms with Crippen LogP contribution in [-0.4, -0.2) is 20.5 Å². The van der Waals surface area contributed by atoms with Gasteiger partial charge >= 0.3 is 0 Å². The first kappa shape index (κ1) is 15.1. The molecule has 0 bridgehead atoms. The van der Waals surface area contributed by atoms with E-state index in [-0.39, 0.29) is 23.7 Å². The van der Waals surface area contributed by atoms with Gasteiger partial charge in [-0.25, -0.2) is 4.68 Å². The predicted octanol–water partition coefficient (Wildman–Crippen LogP) is 3.45. The van der Waals surface area contributed by atoms with Gasteiger partial charge < -0.3 is 9.73 Å². The highest BCUT2D eigenvalue weighted by atomic mass is 16.3. The Balaban J connectivity index is 1.66. The Hall–Kier alpha value is -3.15. The molecular formula is C20H18N4O2. The predicted molar refractivity (Wildman–Crippen MR) is 95.6 cm³/mol. The van der Waals surface area contributed by atoms with Crippen molar-refractivity contribution in [3.8, 4) is 0 Å². The highest BCUT2D eigenvalue weighted by molar-refractivity contribution is 5.88. The van der Waals surface area contributed by atoms with Crippen LogP contribution >= 0.6 is 0 Å². The van der Waals surface area contributed by atoms with Gasteiger partial charge in [-0.05, 0) is 24.6 Å². The lowest BCUT2D eigenvalue weighted by atomic mass is 9.77. The fourth-order valence-electron chi connectivity index (χ4n) is 4.01. The number of allylic oxidation sites excluding steroid dienone is 2. The molecule has 0 saturated heterocycles. The monoisotopic (exact) mass is 346 g/mol. The van der Waals surface area contributed by atoms with E-state index in [0.717, 1.165) is 17.0 Å². The van der Waals surface area contributed by atoms with E-state index in [0.29, 0.717) is 18.2 Å². The summed E-state index contributed by atoms with van der Waals surface area (Å²) in [5, 5.41) is 7.88. The maximum Gasteiger partial charge on any atom is 0.226 e. The highest BCUT2D eigenvalue weighted by Gasteiger charge is 2.43. The van der Waals surface area contributed by atoms with Crippen LogP contribution in [0.5, 0.6) is 0 Å². The summed E-state index contributed by atoms with van der Waals surface area (Å²) >= 11 is 0. The number of aryl methyl sites for hydroxylation is 1. The minimum absolute atomic E-state index is 0.0526. The van der Waals surface area contributed by atoms with Crippen molar-refractivity contribution in [1.29, 1.82) is 0 Å². The largest absolute Gasteiger partial charge is 0.469 e. The highest BCUT2D eigenvalue weighted by Crippen LogP contribution is 2.44. The Labute approximate surface area is 150 Å². The maximum atomic E-state index is 13.2. The van der Waals surface area contributed by atoms with Crippen LogP contribution < -0.4 is 5.32 Å². The molecule has 0 fully saturated rings. The van der Waals surface area contributed by atoms with Crippen LogP contribution in [-0.2, 0) is 4.79 Å². The lowest BCUT2D eigenvalue weighted by Gasteiger charge is -2.37. The normalized spacial score (nSPS) is 24.4. The number of rotatable bonds is 2. The van der Waals surface area contributed by atoms with Crippen LogP contribution in [0, 0.1) is 12.8 Å². The van der Waals surface area contributed by atoms with Crippen molar-refractivity contribution in [3.63, 3.8) is 0 Å². The molecule has 1 aliphatic heterocycles. The van der Waals surface area contributed by atoms with Gasteiger partial charge in [-0.3, -0.25) is 4.79 Å². The van der Waals surface area contributed by atoms with Crippen molar-refractivity contribution in [1.82, 2.24) is 14.8 Å². The Bertz CT molecular complexity index is 988. The van der Waals surface area contributed by atoms with E-state index in [9.17, 15) is 4.79 Å². The molecule has 0 saturated carbocycles. The van der Waals surface area contributed by atoms with E-state index in [4.69, 9.17) is 4.42 Å². The molecule has 0 amide bonds. The summed E-state index contributed by atoms with van der Waals surface area (Å²) in [6, 6.07) is 13.6. The molecule has 3 atom stereocenters. The summed E-state index contributed by atoms with van der Waals surface area (Å²) in [5.74, 6) is 2.00. The molecule has 6 heteroatoms. The van der Waals surface area contributed by atoms with Crippen molar-refractivity contribution in [2.24, 2.45) is 5.92 Å². The molecular weight excluding hydrogens is 328 g/mol. The number of aromatic nitrogens is 3. The number of carbonyl (C=O) groups is 1. The number of nitrogens with one attached hydrogen (secondary N) is 1. The van der Waals surface area contributed by atoms with Gasteiger partial charge in [-0.2, -0.15) is 10.1 Å². The van der Waals surface area contributed by atoms with Crippen LogP contribution in [0.2, 0.25) is 0 Å². The lowest BCUT2D eigenvalue weighted by molar-refractivity contribution is -0.123. The second-order valence-electron chi connectivity index (χ2n) is 6.80. The molecule has 0 spiro atoms. The number of Topliss-reactive ketones (excluding diaryl/α,β-unsaturated/α-hetero) is 1. The minimum Gasteiger partial charge on any atom is -0.469 e. The van der Waals surface area contributed by atoms with Crippen molar-refractivity contribution < 1.29 is 9.21 Å². The molecule has 2 aromatic heterocycles. The van der Waals surface area contributed by atoms with Gasteiger partial charge in [-0.1, -0.05) is 36.4 Å². The van der Waals surface area contributed by atoms with Crippen LogP contribution in [0.15, 0.2) is 64.9 Å². The number of ketones is 1. The zero-order valence-electron chi connectivity index (χ0n) is 14.3. The lowest BCUT2D eigenvalue weighted by Crippen LogP contribution is -2.40. The van der Waals surface area contributed by atoms with Crippen molar-refractivity contribution in [3.05, 3.63) is 77.6 Å². The second-order valence-corrected chi connectivity index (χ2v) is 6.80. The molecule has 26 heavy (non-hydrogen) atoms. The summed E-state index contributed by atoms with van der Waals surface area (Å²) in [7, 11) is 0. The average molecular weight is 346 g/mol. The van der Waals surface area contributed by atoms with E-state index in [1.165, 1.54) is 0 Å². The average Bonchev–Trinajstić information content (AvgIpc) is 3.29. The molecule has 3 aromatic rings. The third kappa shape index (κ3) is 2.29. The van der Waals surface area contributed by atoms with Crippen molar-refractivity contribution in [2.75, 3.05) is 5.32 Å². The molecule has 0 radical (unpaired) electrons. The van der Waals surface area contributed by atoms with Gasteiger partial charge in [-0.15, -0.1) is 0 Å². The zero-order valence-corrected chi connectivity index (χ0v) is 14.3. The van der Waals surface area contributed by atoms with Crippen LogP contribution in [0.3, 0.4) is 0 Å². The molecule has 6 nitrogen and oxygen atoms in total. The van der Waals surface area contributed by atoms with E-state index in [2.05, 4.69) is 21.5 Å². The molecule has 1 N–H and O–H groups in total. The van der Waals surface area contributed by atoms with Crippen LogP contribution in [0.4, 0.5) is 5.95 Å². The Morgan fingerprint density at radius 2 is 2.04 bits per heavy atom. The SMILES string of the molecule is Cc1nc2n(n1)[C@@H](c1ccccc1)[C@@H]1C(=O)C[C@H](c3ccco3)C=C1N2. The quantitative estimate of drug-likeness (QED) is 0.769. The number of hydrogen-bond acceptors (Lipinski definition) is 5. The van der Waals surface area contributed by atoms with E-state index in [1.54, 1.807) is 6.26 Å². The number of anilines is 1. The molecule has 3 heterocycles. The second kappa shape index (κ2) is 5.69. The first-order valence-electron chi connectivity index (χ1n) is 8.73. The number of hydrogen-bond donors (Lipinski definition) is 1. The standard InChI is InChI=1S/C20H18N4O2/c1-12-21-20-22-15-10-14(17-8-5-9-26-17)11-16(25)18(15)19(24(20)23-12)13-6-3-2-4-7-13/h2-10,14,18-19H,11H2,1H3,(H,21,22,23)/t14-,18+,19+/m1/s1. The van der Waals surface area contributed by atoms with Crippen molar-refractivity contribution >= 4 is 11.7 Å². The summed E-state index contributed by atoms with van der Waals surface area (Å²) < 4.78 is 7.37. The van der Waals surface area contributed by atoms with Crippen LogP contribution in [0.1, 0.15) is 35.5 Å². The van der Waals surface area contributed by atoms with E-state index < -0.39 is 0 Å². The number of carbonyl (C=O) groups excluding carboxylic acids is 1. The van der Waals surface area contributed by atoms with Crippen LogP contribution in [0.25, 0.3) is 0 Å². The molecule has 1 aromatic carbocycles. The third-order valence-corrected chi connectivity index (χ3v) is 5.11.